The molecule has 0 bridgehead atoms. The van der Waals surface area contributed by atoms with Gasteiger partial charge in [-0.1, -0.05) is 5.10 Å². The number of aryl methyl sites for hydroxylation is 1. The number of anilines is 1. The van der Waals surface area contributed by atoms with Crippen molar-refractivity contribution in [1.29, 1.82) is 0 Å². The molecule has 2 N–H and O–H groups in total. The summed E-state index contributed by atoms with van der Waals surface area (Å²) in [4.78, 5) is 0. The number of tetrazole rings is 1. The summed E-state index contributed by atoms with van der Waals surface area (Å²) in [5.74, 6) is 1.50. The smallest absolute Gasteiger partial charge is 0.240 e. The largest absolute Gasteiger partial charge is 0.367 e. The highest BCUT2D eigenvalue weighted by Crippen LogP contribution is 1.99. The molecule has 0 aromatic carbocycles. The molecular weight excluding hydrogens is 162 g/mol. The van der Waals surface area contributed by atoms with Crippen LogP contribution in [0.25, 0.3) is 0 Å². The maximum absolute atomic E-state index is 5.44. The van der Waals surface area contributed by atoms with Gasteiger partial charge in [0, 0.05) is 6.54 Å². The van der Waals surface area contributed by atoms with Crippen molar-refractivity contribution < 1.29 is 0 Å². The van der Waals surface area contributed by atoms with Crippen LogP contribution in [0.3, 0.4) is 0 Å². The highest BCUT2D eigenvalue weighted by atomic mass is 32.2. The van der Waals surface area contributed by atoms with Gasteiger partial charge in [-0.05, 0) is 28.9 Å². The molecule has 0 atom stereocenters. The molecule has 1 aromatic heterocycles. The third-order valence-corrected chi connectivity index (χ3v) is 1.97. The van der Waals surface area contributed by atoms with E-state index in [1.807, 2.05) is 0 Å². The summed E-state index contributed by atoms with van der Waals surface area (Å²) in [6, 6.07) is 0. The topological polar surface area (TPSA) is 69.6 Å². The van der Waals surface area contributed by atoms with Crippen LogP contribution >= 0.6 is 11.8 Å². The number of hydrogen-bond donors (Lipinski definition) is 1. The molecule has 1 aromatic rings. The Morgan fingerprint density at radius 2 is 2.45 bits per heavy atom. The van der Waals surface area contributed by atoms with Gasteiger partial charge in [0.05, 0.1) is 0 Å². The molecule has 0 saturated carbocycles. The molecule has 0 amide bonds. The van der Waals surface area contributed by atoms with Gasteiger partial charge in [0.25, 0.3) is 0 Å². The fraction of sp³-hybridized carbons (Fsp3) is 0.800. The van der Waals surface area contributed by atoms with E-state index in [1.165, 1.54) is 0 Å². The summed E-state index contributed by atoms with van der Waals surface area (Å²) < 4.78 is 1.61. The Hall–Kier alpha value is -0.780. The molecule has 0 aliphatic carbocycles. The van der Waals surface area contributed by atoms with Gasteiger partial charge in [0.1, 0.15) is 0 Å². The lowest BCUT2D eigenvalue weighted by molar-refractivity contribution is 0.588. The van der Waals surface area contributed by atoms with Crippen LogP contribution in [0.1, 0.15) is 6.42 Å². The first kappa shape index (κ1) is 8.32. The second-order valence-electron chi connectivity index (χ2n) is 2.11. The zero-order valence-electron chi connectivity index (χ0n) is 6.40. The van der Waals surface area contributed by atoms with E-state index in [1.54, 1.807) is 16.4 Å². The summed E-state index contributed by atoms with van der Waals surface area (Å²) in [5, 5.41) is 10.7. The molecule has 1 rings (SSSR count). The monoisotopic (exact) mass is 173 g/mol. The van der Waals surface area contributed by atoms with Gasteiger partial charge in [-0.3, -0.25) is 0 Å². The first-order valence-electron chi connectivity index (χ1n) is 3.35. The van der Waals surface area contributed by atoms with Crippen LogP contribution in [0.5, 0.6) is 0 Å². The van der Waals surface area contributed by atoms with Gasteiger partial charge in [-0.2, -0.15) is 11.8 Å². The van der Waals surface area contributed by atoms with Crippen molar-refractivity contribution in [3.8, 4) is 0 Å². The maximum atomic E-state index is 5.44. The van der Waals surface area contributed by atoms with Gasteiger partial charge < -0.3 is 5.73 Å². The number of nitrogen functional groups attached to an aromatic ring is 1. The van der Waals surface area contributed by atoms with Gasteiger partial charge in [0.2, 0.25) is 5.95 Å². The molecule has 0 spiro atoms. The van der Waals surface area contributed by atoms with Crippen molar-refractivity contribution in [2.24, 2.45) is 0 Å². The lowest BCUT2D eigenvalue weighted by Gasteiger charge is -1.98. The van der Waals surface area contributed by atoms with E-state index in [-0.39, 0.29) is 0 Å². The quantitative estimate of drug-likeness (QED) is 0.649. The van der Waals surface area contributed by atoms with Crippen molar-refractivity contribution in [3.63, 3.8) is 0 Å². The molecule has 62 valence electrons. The second-order valence-corrected chi connectivity index (χ2v) is 3.09. The minimum absolute atomic E-state index is 0.395. The fourth-order valence-corrected chi connectivity index (χ4v) is 1.15. The lowest BCUT2D eigenvalue weighted by atomic mass is 10.5. The minimum atomic E-state index is 0.395. The Balaban J connectivity index is 2.32. The number of rotatable bonds is 4. The predicted molar refractivity (Wildman–Crippen MR) is 45.2 cm³/mol. The Morgan fingerprint density at radius 1 is 1.64 bits per heavy atom. The van der Waals surface area contributed by atoms with Crippen molar-refractivity contribution in [1.82, 2.24) is 20.2 Å². The highest BCUT2D eigenvalue weighted by molar-refractivity contribution is 7.98. The molecule has 11 heavy (non-hydrogen) atoms. The molecule has 0 saturated heterocycles. The Labute approximate surface area is 69.3 Å². The Kier molecular flexibility index (Phi) is 3.15. The molecule has 0 aliphatic heterocycles. The van der Waals surface area contributed by atoms with Gasteiger partial charge in [-0.15, -0.1) is 0 Å². The molecule has 1 heterocycles. The number of thioether (sulfide) groups is 1. The van der Waals surface area contributed by atoms with Crippen LogP contribution in [-0.2, 0) is 6.54 Å². The number of hydrogen-bond acceptors (Lipinski definition) is 5. The van der Waals surface area contributed by atoms with Crippen LogP contribution < -0.4 is 5.73 Å². The molecule has 0 fully saturated rings. The average molecular weight is 173 g/mol. The fourth-order valence-electron chi connectivity index (χ4n) is 0.729. The molecule has 5 nitrogen and oxygen atoms in total. The van der Waals surface area contributed by atoms with Crippen LogP contribution in [0, 0.1) is 0 Å². The molecular formula is C5H11N5S. The highest BCUT2D eigenvalue weighted by Gasteiger charge is 1.98. The third-order valence-electron chi connectivity index (χ3n) is 1.28. The Morgan fingerprint density at radius 3 is 3.00 bits per heavy atom. The zero-order valence-corrected chi connectivity index (χ0v) is 7.21. The molecule has 0 unspecified atom stereocenters. The predicted octanol–water partition coefficient (Wildman–Crippen LogP) is 0.00840. The summed E-state index contributed by atoms with van der Waals surface area (Å²) in [6.07, 6.45) is 3.12. The second kappa shape index (κ2) is 4.17. The summed E-state index contributed by atoms with van der Waals surface area (Å²) >= 11 is 1.81. The van der Waals surface area contributed by atoms with Gasteiger partial charge >= 0.3 is 0 Å². The normalized spacial score (nSPS) is 10.3. The van der Waals surface area contributed by atoms with Crippen LogP contribution in [-0.4, -0.2) is 32.2 Å². The van der Waals surface area contributed by atoms with Crippen LogP contribution in [0.15, 0.2) is 0 Å². The maximum Gasteiger partial charge on any atom is 0.240 e. The van der Waals surface area contributed by atoms with Crippen molar-refractivity contribution in [2.45, 2.75) is 13.0 Å². The SMILES string of the molecule is CSCCCn1nnnc1N. The summed E-state index contributed by atoms with van der Waals surface area (Å²) in [5.41, 5.74) is 5.44. The third kappa shape index (κ3) is 2.38. The van der Waals surface area contributed by atoms with Gasteiger partial charge in [0.15, 0.2) is 0 Å². The number of nitrogens with zero attached hydrogens (tertiary/aromatic N) is 4. The van der Waals surface area contributed by atoms with Crippen molar-refractivity contribution in [2.75, 3.05) is 17.7 Å². The van der Waals surface area contributed by atoms with Crippen molar-refractivity contribution in [3.05, 3.63) is 0 Å². The van der Waals surface area contributed by atoms with E-state index in [9.17, 15) is 0 Å². The van der Waals surface area contributed by atoms with E-state index in [0.29, 0.717) is 5.95 Å². The summed E-state index contributed by atoms with van der Waals surface area (Å²) in [6.45, 7) is 0.805. The summed E-state index contributed by atoms with van der Waals surface area (Å²) in [7, 11) is 0. The zero-order chi connectivity index (χ0) is 8.10. The minimum Gasteiger partial charge on any atom is -0.367 e. The van der Waals surface area contributed by atoms with E-state index in [4.69, 9.17) is 5.73 Å². The average Bonchev–Trinajstić information content (AvgIpc) is 2.37. The van der Waals surface area contributed by atoms with E-state index in [2.05, 4.69) is 21.8 Å². The molecule has 0 aliphatic rings. The lowest BCUT2D eigenvalue weighted by Crippen LogP contribution is -2.05. The first-order valence-corrected chi connectivity index (χ1v) is 4.74. The number of nitrogens with two attached hydrogens (primary N) is 1. The van der Waals surface area contributed by atoms with Crippen molar-refractivity contribution >= 4 is 17.7 Å². The van der Waals surface area contributed by atoms with E-state index in [0.717, 1.165) is 18.7 Å². The van der Waals surface area contributed by atoms with E-state index < -0.39 is 0 Å². The molecule has 0 radical (unpaired) electrons. The van der Waals surface area contributed by atoms with Gasteiger partial charge in [-0.25, -0.2) is 4.68 Å². The molecule has 6 heteroatoms. The van der Waals surface area contributed by atoms with E-state index >= 15 is 0 Å². The number of aromatic nitrogens is 4. The van der Waals surface area contributed by atoms with Crippen LogP contribution in [0.4, 0.5) is 5.95 Å². The standard InChI is InChI=1S/C5H11N5S/c1-11-4-2-3-10-5(6)7-8-9-10/h2-4H2,1H3,(H2,6,7,9). The van der Waals surface area contributed by atoms with Crippen LogP contribution in [0.2, 0.25) is 0 Å². The first-order chi connectivity index (χ1) is 5.34. The Bertz CT molecular complexity index is 210.